The van der Waals surface area contributed by atoms with Crippen LogP contribution in [0.15, 0.2) is 88.8 Å². The standard InChI is InChI=1S/C19H15NS/c21-19-16(14-20-17-11-5-2-6-12-17)10-7-13-18(19)15-8-3-1-4-9-15/h1-14,21H/b20-14+. The Kier molecular flexibility index (Phi) is 4.17. The number of thiol groups is 1. The molecule has 0 atom stereocenters. The highest BCUT2D eigenvalue weighted by atomic mass is 32.1. The second-order valence-corrected chi connectivity index (χ2v) is 5.15. The molecule has 2 heteroatoms. The smallest absolute Gasteiger partial charge is 0.0629 e. The van der Waals surface area contributed by atoms with E-state index in [2.05, 4.69) is 35.8 Å². The fraction of sp³-hybridized carbons (Fsp3) is 0. The first-order valence-electron chi connectivity index (χ1n) is 6.81. The zero-order valence-electron chi connectivity index (χ0n) is 11.5. The molecule has 0 aliphatic heterocycles. The summed E-state index contributed by atoms with van der Waals surface area (Å²) in [5.74, 6) is 0. The third-order valence-corrected chi connectivity index (χ3v) is 3.76. The minimum absolute atomic E-state index is 0.940. The van der Waals surface area contributed by atoms with Gasteiger partial charge in [0.15, 0.2) is 0 Å². The minimum Gasteiger partial charge on any atom is -0.256 e. The van der Waals surface area contributed by atoms with Gasteiger partial charge < -0.3 is 0 Å². The molecule has 0 spiro atoms. The maximum Gasteiger partial charge on any atom is 0.0629 e. The SMILES string of the molecule is Sc1c(/C=N/c2ccccc2)cccc1-c1ccccc1. The van der Waals surface area contributed by atoms with Crippen LogP contribution in [0.5, 0.6) is 0 Å². The summed E-state index contributed by atoms with van der Waals surface area (Å²) in [6.07, 6.45) is 1.87. The Labute approximate surface area is 130 Å². The van der Waals surface area contributed by atoms with Gasteiger partial charge in [-0.3, -0.25) is 4.99 Å². The van der Waals surface area contributed by atoms with Crippen molar-refractivity contribution < 1.29 is 0 Å². The molecule has 0 heterocycles. The average Bonchev–Trinajstić information content (AvgIpc) is 2.56. The molecule has 3 aromatic rings. The first kappa shape index (κ1) is 13.7. The zero-order valence-corrected chi connectivity index (χ0v) is 12.4. The van der Waals surface area contributed by atoms with Crippen molar-refractivity contribution in [3.63, 3.8) is 0 Å². The maximum absolute atomic E-state index is 4.68. The van der Waals surface area contributed by atoms with E-state index in [1.807, 2.05) is 66.9 Å². The van der Waals surface area contributed by atoms with Gasteiger partial charge in [-0.05, 0) is 23.3 Å². The summed E-state index contributed by atoms with van der Waals surface area (Å²) in [7, 11) is 0. The van der Waals surface area contributed by atoms with Crippen LogP contribution in [0.2, 0.25) is 0 Å². The molecular weight excluding hydrogens is 274 g/mol. The van der Waals surface area contributed by atoms with Gasteiger partial charge in [0.2, 0.25) is 0 Å². The predicted molar refractivity (Wildman–Crippen MR) is 92.8 cm³/mol. The van der Waals surface area contributed by atoms with E-state index in [9.17, 15) is 0 Å². The van der Waals surface area contributed by atoms with Crippen LogP contribution < -0.4 is 0 Å². The van der Waals surface area contributed by atoms with Crippen molar-refractivity contribution in [2.24, 2.45) is 4.99 Å². The summed E-state index contributed by atoms with van der Waals surface area (Å²) >= 11 is 4.68. The van der Waals surface area contributed by atoms with Gasteiger partial charge in [0.25, 0.3) is 0 Å². The van der Waals surface area contributed by atoms with Crippen LogP contribution in [0.25, 0.3) is 11.1 Å². The number of hydrogen-bond donors (Lipinski definition) is 1. The van der Waals surface area contributed by atoms with Gasteiger partial charge in [-0.25, -0.2) is 0 Å². The molecule has 102 valence electrons. The molecule has 1 nitrogen and oxygen atoms in total. The number of rotatable bonds is 3. The van der Waals surface area contributed by atoms with Crippen molar-refractivity contribution in [2.45, 2.75) is 4.90 Å². The maximum atomic E-state index is 4.68. The Morgan fingerprint density at radius 2 is 1.38 bits per heavy atom. The van der Waals surface area contributed by atoms with Crippen molar-refractivity contribution in [2.75, 3.05) is 0 Å². The average molecular weight is 289 g/mol. The normalized spacial score (nSPS) is 10.9. The van der Waals surface area contributed by atoms with E-state index < -0.39 is 0 Å². The van der Waals surface area contributed by atoms with Crippen LogP contribution >= 0.6 is 12.6 Å². The van der Waals surface area contributed by atoms with E-state index in [-0.39, 0.29) is 0 Å². The van der Waals surface area contributed by atoms with Crippen LogP contribution in [0, 0.1) is 0 Å². The summed E-state index contributed by atoms with van der Waals surface area (Å²) in [6.45, 7) is 0. The Hall–Kier alpha value is -2.32. The summed E-state index contributed by atoms with van der Waals surface area (Å²) in [6, 6.07) is 26.3. The summed E-state index contributed by atoms with van der Waals surface area (Å²) in [5, 5.41) is 0. The van der Waals surface area contributed by atoms with E-state index in [1.165, 1.54) is 0 Å². The molecule has 0 N–H and O–H groups in total. The molecular formula is C19H15NS. The molecule has 0 aliphatic carbocycles. The van der Waals surface area contributed by atoms with Crippen molar-refractivity contribution >= 4 is 24.5 Å². The lowest BCUT2D eigenvalue weighted by molar-refractivity contribution is 1.42. The summed E-state index contributed by atoms with van der Waals surface area (Å²) in [5.41, 5.74) is 4.24. The third kappa shape index (κ3) is 3.23. The number of nitrogens with zero attached hydrogens (tertiary/aromatic N) is 1. The topological polar surface area (TPSA) is 12.4 Å². The lowest BCUT2D eigenvalue weighted by atomic mass is 10.0. The van der Waals surface area contributed by atoms with Gasteiger partial charge in [-0.1, -0.05) is 66.7 Å². The van der Waals surface area contributed by atoms with Crippen molar-refractivity contribution in [3.8, 4) is 11.1 Å². The molecule has 0 aliphatic rings. The van der Waals surface area contributed by atoms with Crippen LogP contribution in [-0.4, -0.2) is 6.21 Å². The molecule has 0 saturated heterocycles. The molecule has 3 rings (SSSR count). The van der Waals surface area contributed by atoms with Gasteiger partial charge >= 0.3 is 0 Å². The molecule has 0 amide bonds. The van der Waals surface area contributed by atoms with Gasteiger partial charge in [0, 0.05) is 16.7 Å². The predicted octanol–water partition coefficient (Wildman–Crippen LogP) is 5.39. The first-order chi connectivity index (χ1) is 10.3. The van der Waals surface area contributed by atoms with Crippen molar-refractivity contribution in [1.29, 1.82) is 0 Å². The second-order valence-electron chi connectivity index (χ2n) is 4.70. The first-order valence-corrected chi connectivity index (χ1v) is 7.26. The highest BCUT2D eigenvalue weighted by Gasteiger charge is 2.05. The monoisotopic (exact) mass is 289 g/mol. The number of hydrogen-bond acceptors (Lipinski definition) is 2. The van der Waals surface area contributed by atoms with Gasteiger partial charge in [-0.2, -0.15) is 0 Å². The molecule has 0 fully saturated rings. The summed E-state index contributed by atoms with van der Waals surface area (Å²) < 4.78 is 0. The van der Waals surface area contributed by atoms with Gasteiger partial charge in [-0.15, -0.1) is 12.6 Å². The quantitative estimate of drug-likeness (QED) is 0.490. The highest BCUT2D eigenvalue weighted by Crippen LogP contribution is 2.28. The molecule has 0 aromatic heterocycles. The number of aliphatic imine (C=N–C) groups is 1. The third-order valence-electron chi connectivity index (χ3n) is 3.26. The van der Waals surface area contributed by atoms with Crippen LogP contribution in [0.1, 0.15) is 5.56 Å². The number of benzene rings is 3. The molecule has 0 unspecified atom stereocenters. The molecule has 0 bridgehead atoms. The largest absolute Gasteiger partial charge is 0.256 e. The Bertz CT molecular complexity index is 749. The molecule has 3 aromatic carbocycles. The lowest BCUT2D eigenvalue weighted by Gasteiger charge is -2.07. The zero-order chi connectivity index (χ0) is 14.5. The van der Waals surface area contributed by atoms with Gasteiger partial charge in [0.1, 0.15) is 0 Å². The van der Waals surface area contributed by atoms with Gasteiger partial charge in [0.05, 0.1) is 5.69 Å². The van der Waals surface area contributed by atoms with E-state index >= 15 is 0 Å². The second kappa shape index (κ2) is 6.42. The lowest BCUT2D eigenvalue weighted by Crippen LogP contribution is -1.88. The van der Waals surface area contributed by atoms with Crippen LogP contribution in [0.4, 0.5) is 5.69 Å². The van der Waals surface area contributed by atoms with Crippen LogP contribution in [-0.2, 0) is 0 Å². The minimum atomic E-state index is 0.940. The van der Waals surface area contributed by atoms with Crippen LogP contribution in [0.3, 0.4) is 0 Å². The Balaban J connectivity index is 1.96. The Morgan fingerprint density at radius 1 is 0.714 bits per heavy atom. The highest BCUT2D eigenvalue weighted by molar-refractivity contribution is 7.80. The fourth-order valence-electron chi connectivity index (χ4n) is 2.17. The van der Waals surface area contributed by atoms with Crippen molar-refractivity contribution in [3.05, 3.63) is 84.4 Å². The van der Waals surface area contributed by atoms with E-state index in [0.29, 0.717) is 0 Å². The van der Waals surface area contributed by atoms with E-state index in [4.69, 9.17) is 0 Å². The number of para-hydroxylation sites is 1. The molecule has 21 heavy (non-hydrogen) atoms. The van der Waals surface area contributed by atoms with E-state index in [0.717, 1.165) is 27.3 Å². The van der Waals surface area contributed by atoms with Crippen molar-refractivity contribution in [1.82, 2.24) is 0 Å². The molecule has 0 saturated carbocycles. The fourth-order valence-corrected chi connectivity index (χ4v) is 2.51. The van der Waals surface area contributed by atoms with E-state index in [1.54, 1.807) is 0 Å². The molecule has 0 radical (unpaired) electrons. The Morgan fingerprint density at radius 3 is 2.10 bits per heavy atom. The summed E-state index contributed by atoms with van der Waals surface area (Å²) in [4.78, 5) is 5.45.